The van der Waals surface area contributed by atoms with Crippen LogP contribution in [0.4, 0.5) is 11.8 Å². The fourth-order valence-electron chi connectivity index (χ4n) is 2.50. The largest absolute Gasteiger partial charge is 0.368 e. The van der Waals surface area contributed by atoms with E-state index in [4.69, 9.17) is 17.3 Å². The van der Waals surface area contributed by atoms with Gasteiger partial charge in [0.25, 0.3) is 5.91 Å². The number of halogens is 1. The lowest BCUT2D eigenvalue weighted by molar-refractivity contribution is 0.0767. The summed E-state index contributed by atoms with van der Waals surface area (Å²) >= 11 is 7.47. The molecule has 1 saturated heterocycles. The number of hydrogen-bond donors (Lipinski definition) is 1. The Morgan fingerprint density at radius 3 is 2.86 bits per heavy atom. The number of carbonyl (C=O) groups is 1. The van der Waals surface area contributed by atoms with Crippen molar-refractivity contribution >= 4 is 40.6 Å². The number of carbonyl (C=O) groups excluding carboxylic acids is 1. The summed E-state index contributed by atoms with van der Waals surface area (Å²) in [6.45, 7) is 2.89. The minimum absolute atomic E-state index is 0.0864. The molecule has 0 aromatic carbocycles. The second-order valence-corrected chi connectivity index (χ2v) is 6.22. The lowest BCUT2D eigenvalue weighted by atomic mass is 10.3. The first kappa shape index (κ1) is 15.1. The van der Waals surface area contributed by atoms with Gasteiger partial charge >= 0.3 is 0 Å². The Hall–Kier alpha value is -1.86. The van der Waals surface area contributed by atoms with Gasteiger partial charge in [0.1, 0.15) is 11.0 Å². The van der Waals surface area contributed by atoms with Gasteiger partial charge in [0, 0.05) is 37.6 Å². The van der Waals surface area contributed by atoms with E-state index in [1.54, 1.807) is 6.07 Å². The minimum Gasteiger partial charge on any atom is -0.368 e. The number of nitrogens with two attached hydrogens (primary N) is 1. The topological polar surface area (TPSA) is 75.3 Å². The fraction of sp³-hybridized carbons (Fsp3) is 0.357. The van der Waals surface area contributed by atoms with Gasteiger partial charge in [-0.15, -0.1) is 0 Å². The van der Waals surface area contributed by atoms with Crippen LogP contribution in [0.5, 0.6) is 0 Å². The number of amides is 1. The first-order chi connectivity index (χ1) is 10.6. The Morgan fingerprint density at radius 2 is 2.14 bits per heavy atom. The summed E-state index contributed by atoms with van der Waals surface area (Å²) in [4.78, 5) is 24.5. The van der Waals surface area contributed by atoms with Gasteiger partial charge in [0.2, 0.25) is 5.95 Å². The van der Waals surface area contributed by atoms with Crippen LogP contribution in [-0.4, -0.2) is 47.0 Å². The maximum absolute atomic E-state index is 12.4. The third kappa shape index (κ3) is 3.31. The average Bonchev–Trinajstić information content (AvgIpc) is 2.90. The van der Waals surface area contributed by atoms with Crippen molar-refractivity contribution in [1.29, 1.82) is 0 Å². The van der Waals surface area contributed by atoms with E-state index in [1.165, 1.54) is 11.3 Å². The van der Waals surface area contributed by atoms with E-state index in [9.17, 15) is 4.79 Å². The molecule has 0 bridgehead atoms. The molecule has 3 rings (SSSR count). The van der Waals surface area contributed by atoms with E-state index in [2.05, 4.69) is 14.9 Å². The molecule has 3 heterocycles. The quantitative estimate of drug-likeness (QED) is 0.850. The van der Waals surface area contributed by atoms with Crippen LogP contribution in [0.15, 0.2) is 22.9 Å². The highest BCUT2D eigenvalue weighted by molar-refractivity contribution is 7.08. The van der Waals surface area contributed by atoms with Crippen LogP contribution in [0.1, 0.15) is 16.8 Å². The Balaban J connectivity index is 1.71. The molecular weight excluding hydrogens is 322 g/mol. The van der Waals surface area contributed by atoms with Crippen LogP contribution in [-0.2, 0) is 0 Å². The summed E-state index contributed by atoms with van der Waals surface area (Å²) in [5, 5.41) is 4.14. The number of rotatable bonds is 2. The lowest BCUT2D eigenvalue weighted by Crippen LogP contribution is -2.35. The Labute approximate surface area is 137 Å². The predicted octanol–water partition coefficient (Wildman–Crippen LogP) is 2.13. The SMILES string of the molecule is Nc1nc(Cl)cc(N2CCCN(C(=O)c3ccsc3)CC2)n1. The molecule has 1 aliphatic rings. The minimum atomic E-state index is 0.0864. The predicted molar refractivity (Wildman–Crippen MR) is 88.5 cm³/mol. The molecule has 0 atom stereocenters. The Bertz CT molecular complexity index is 643. The van der Waals surface area contributed by atoms with Crippen molar-refractivity contribution in [2.24, 2.45) is 0 Å². The molecule has 0 unspecified atom stereocenters. The summed E-state index contributed by atoms with van der Waals surface area (Å²) in [7, 11) is 0. The lowest BCUT2D eigenvalue weighted by Gasteiger charge is -2.22. The highest BCUT2D eigenvalue weighted by atomic mass is 35.5. The van der Waals surface area contributed by atoms with Crippen molar-refractivity contribution in [2.75, 3.05) is 36.8 Å². The molecule has 6 nitrogen and oxygen atoms in total. The van der Waals surface area contributed by atoms with E-state index in [1.807, 2.05) is 21.7 Å². The van der Waals surface area contributed by atoms with E-state index in [-0.39, 0.29) is 11.9 Å². The molecule has 0 spiro atoms. The number of thiophene rings is 1. The van der Waals surface area contributed by atoms with Crippen molar-refractivity contribution in [3.8, 4) is 0 Å². The molecule has 0 saturated carbocycles. The number of hydrogen-bond acceptors (Lipinski definition) is 6. The third-order valence-electron chi connectivity index (χ3n) is 3.57. The van der Waals surface area contributed by atoms with Gasteiger partial charge < -0.3 is 15.5 Å². The van der Waals surface area contributed by atoms with Crippen LogP contribution in [0.3, 0.4) is 0 Å². The van der Waals surface area contributed by atoms with Crippen LogP contribution < -0.4 is 10.6 Å². The van der Waals surface area contributed by atoms with Gasteiger partial charge in [-0.3, -0.25) is 4.79 Å². The summed E-state index contributed by atoms with van der Waals surface area (Å²) in [5.41, 5.74) is 6.41. The average molecular weight is 338 g/mol. The summed E-state index contributed by atoms with van der Waals surface area (Å²) in [5.74, 6) is 0.962. The molecular formula is C14H16ClN5OS. The zero-order valence-electron chi connectivity index (χ0n) is 11.9. The van der Waals surface area contributed by atoms with Crippen LogP contribution >= 0.6 is 22.9 Å². The Morgan fingerprint density at radius 1 is 1.27 bits per heavy atom. The smallest absolute Gasteiger partial charge is 0.254 e. The van der Waals surface area contributed by atoms with Gasteiger partial charge in [-0.05, 0) is 17.9 Å². The van der Waals surface area contributed by atoms with Crippen molar-refractivity contribution in [3.63, 3.8) is 0 Å². The molecule has 2 aromatic rings. The standard InChI is InChI=1S/C14H16ClN5OS/c15-11-8-12(18-14(16)17-11)19-3-1-4-20(6-5-19)13(21)10-2-7-22-9-10/h2,7-9H,1,3-6H2,(H2,16,17,18). The van der Waals surface area contributed by atoms with Crippen LogP contribution in [0.25, 0.3) is 0 Å². The fourth-order valence-corrected chi connectivity index (χ4v) is 3.32. The van der Waals surface area contributed by atoms with Crippen LogP contribution in [0.2, 0.25) is 5.15 Å². The molecule has 1 aliphatic heterocycles. The van der Waals surface area contributed by atoms with Crippen LogP contribution in [0, 0.1) is 0 Å². The maximum Gasteiger partial charge on any atom is 0.254 e. The van der Waals surface area contributed by atoms with E-state index >= 15 is 0 Å². The molecule has 1 amide bonds. The van der Waals surface area contributed by atoms with Gasteiger partial charge in [0.05, 0.1) is 5.56 Å². The molecule has 1 fully saturated rings. The first-order valence-corrected chi connectivity index (χ1v) is 8.32. The molecule has 0 radical (unpaired) electrons. The van der Waals surface area contributed by atoms with Gasteiger partial charge in [-0.2, -0.15) is 16.3 Å². The second-order valence-electron chi connectivity index (χ2n) is 5.05. The van der Waals surface area contributed by atoms with Crippen molar-refractivity contribution in [1.82, 2.24) is 14.9 Å². The van der Waals surface area contributed by atoms with Crippen molar-refractivity contribution in [3.05, 3.63) is 33.6 Å². The maximum atomic E-state index is 12.4. The highest BCUT2D eigenvalue weighted by Gasteiger charge is 2.21. The second kappa shape index (κ2) is 6.50. The molecule has 22 heavy (non-hydrogen) atoms. The zero-order chi connectivity index (χ0) is 15.5. The first-order valence-electron chi connectivity index (χ1n) is 7.00. The number of nitrogen functional groups attached to an aromatic ring is 1. The van der Waals surface area contributed by atoms with Crippen molar-refractivity contribution < 1.29 is 4.79 Å². The van der Waals surface area contributed by atoms with E-state index in [0.29, 0.717) is 24.1 Å². The molecule has 8 heteroatoms. The third-order valence-corrected chi connectivity index (χ3v) is 4.45. The summed E-state index contributed by atoms with van der Waals surface area (Å²) < 4.78 is 0. The van der Waals surface area contributed by atoms with Gasteiger partial charge in [-0.25, -0.2) is 4.98 Å². The van der Waals surface area contributed by atoms with Gasteiger partial charge in [-0.1, -0.05) is 11.6 Å². The highest BCUT2D eigenvalue weighted by Crippen LogP contribution is 2.19. The molecule has 2 aromatic heterocycles. The number of aromatic nitrogens is 2. The molecule has 2 N–H and O–H groups in total. The summed E-state index contributed by atoms with van der Waals surface area (Å²) in [6.07, 6.45) is 0.872. The molecule has 0 aliphatic carbocycles. The van der Waals surface area contributed by atoms with E-state index in [0.717, 1.165) is 25.1 Å². The zero-order valence-corrected chi connectivity index (χ0v) is 13.5. The Kier molecular flexibility index (Phi) is 4.44. The van der Waals surface area contributed by atoms with Gasteiger partial charge in [0.15, 0.2) is 0 Å². The molecule has 116 valence electrons. The number of nitrogens with zero attached hydrogens (tertiary/aromatic N) is 4. The van der Waals surface area contributed by atoms with Crippen molar-refractivity contribution in [2.45, 2.75) is 6.42 Å². The van der Waals surface area contributed by atoms with E-state index < -0.39 is 0 Å². The normalized spacial score (nSPS) is 15.7. The monoisotopic (exact) mass is 337 g/mol. The summed E-state index contributed by atoms with van der Waals surface area (Å²) in [6, 6.07) is 3.56. The number of anilines is 2.